The zero-order valence-corrected chi connectivity index (χ0v) is 16.1. The number of fused-ring (bicyclic) bond motifs is 1. The number of ether oxygens (including phenoxy) is 3. The number of likely N-dealkylation sites (tertiary alicyclic amines) is 1. The molecular weight excluding hydrogens is 352 g/mol. The number of methoxy groups -OCH3 is 3. The molecule has 0 spiro atoms. The first kappa shape index (κ1) is 19.3. The molecule has 27 heavy (non-hydrogen) atoms. The molecule has 8 heteroatoms. The molecular formula is C19H24N2O6. The number of nitrogens with one attached hydrogen (secondary N) is 1. The van der Waals surface area contributed by atoms with Crippen molar-refractivity contribution in [3.05, 3.63) is 29.3 Å². The van der Waals surface area contributed by atoms with Gasteiger partial charge < -0.3 is 14.2 Å². The van der Waals surface area contributed by atoms with Gasteiger partial charge in [-0.15, -0.1) is 0 Å². The van der Waals surface area contributed by atoms with Crippen LogP contribution in [0.3, 0.4) is 0 Å². The van der Waals surface area contributed by atoms with Gasteiger partial charge in [-0.05, 0) is 24.6 Å². The normalized spacial score (nSPS) is 29.8. The Hall–Kier alpha value is -2.45. The van der Waals surface area contributed by atoms with E-state index in [9.17, 15) is 14.4 Å². The predicted octanol–water partition coefficient (Wildman–Crippen LogP) is 0.649. The van der Waals surface area contributed by atoms with Gasteiger partial charge in [-0.2, -0.15) is 0 Å². The monoisotopic (exact) mass is 376 g/mol. The van der Waals surface area contributed by atoms with Gasteiger partial charge in [-0.3, -0.25) is 24.6 Å². The van der Waals surface area contributed by atoms with E-state index >= 15 is 0 Å². The van der Waals surface area contributed by atoms with Gasteiger partial charge in [0.1, 0.15) is 11.3 Å². The van der Waals surface area contributed by atoms with E-state index < -0.39 is 29.4 Å². The van der Waals surface area contributed by atoms with Crippen molar-refractivity contribution in [2.24, 2.45) is 11.8 Å². The van der Waals surface area contributed by atoms with Gasteiger partial charge in [0.25, 0.3) is 0 Å². The van der Waals surface area contributed by atoms with Crippen LogP contribution in [0.5, 0.6) is 5.75 Å². The number of hydrogen-bond donors (Lipinski definition) is 1. The van der Waals surface area contributed by atoms with E-state index in [-0.39, 0.29) is 11.8 Å². The molecule has 0 radical (unpaired) electrons. The summed E-state index contributed by atoms with van der Waals surface area (Å²) in [5.74, 6) is -2.09. The van der Waals surface area contributed by atoms with Crippen LogP contribution in [0.2, 0.25) is 0 Å². The predicted molar refractivity (Wildman–Crippen MR) is 94.8 cm³/mol. The number of amides is 2. The third-order valence-electron chi connectivity index (χ3n) is 5.58. The highest BCUT2D eigenvalue weighted by atomic mass is 16.5. The highest BCUT2D eigenvalue weighted by Gasteiger charge is 2.66. The van der Waals surface area contributed by atoms with Gasteiger partial charge in [0, 0.05) is 25.8 Å². The van der Waals surface area contributed by atoms with Crippen LogP contribution in [-0.4, -0.2) is 56.6 Å². The zero-order chi connectivity index (χ0) is 19.9. The second-order valence-corrected chi connectivity index (χ2v) is 7.06. The summed E-state index contributed by atoms with van der Waals surface area (Å²) in [6.45, 7) is 1.94. The topological polar surface area (TPSA) is 94.2 Å². The van der Waals surface area contributed by atoms with Gasteiger partial charge in [0.05, 0.1) is 32.7 Å². The Morgan fingerprint density at radius 2 is 1.93 bits per heavy atom. The summed E-state index contributed by atoms with van der Waals surface area (Å²) < 4.78 is 15.5. The Labute approximate surface area is 157 Å². The molecule has 3 rings (SSSR count). The zero-order valence-electron chi connectivity index (χ0n) is 16.1. The van der Waals surface area contributed by atoms with Crippen LogP contribution in [0.25, 0.3) is 0 Å². The molecule has 146 valence electrons. The number of carbonyl (C=O) groups is 3. The Kier molecular flexibility index (Phi) is 4.96. The van der Waals surface area contributed by atoms with Crippen molar-refractivity contribution in [3.8, 4) is 5.75 Å². The average Bonchev–Trinajstić information content (AvgIpc) is 3.11. The van der Waals surface area contributed by atoms with E-state index in [1.807, 2.05) is 12.1 Å². The number of carbonyl (C=O) groups excluding carboxylic acids is 3. The summed E-state index contributed by atoms with van der Waals surface area (Å²) in [6, 6.07) is 4.98. The number of hydrogen-bond acceptors (Lipinski definition) is 7. The molecule has 2 aliphatic rings. The highest BCUT2D eigenvalue weighted by molar-refractivity contribution is 6.09. The minimum Gasteiger partial charge on any atom is -0.496 e. The Morgan fingerprint density at radius 1 is 1.22 bits per heavy atom. The van der Waals surface area contributed by atoms with Crippen LogP contribution in [-0.2, 0) is 30.5 Å². The summed E-state index contributed by atoms with van der Waals surface area (Å²) in [4.78, 5) is 39.1. The molecule has 2 amide bonds. The summed E-state index contributed by atoms with van der Waals surface area (Å²) in [7, 11) is 5.87. The Balaban J connectivity index is 2.08. The quantitative estimate of drug-likeness (QED) is 0.596. The van der Waals surface area contributed by atoms with Crippen molar-refractivity contribution in [1.82, 2.24) is 10.2 Å². The van der Waals surface area contributed by atoms with Crippen molar-refractivity contribution in [3.63, 3.8) is 0 Å². The van der Waals surface area contributed by atoms with Crippen LogP contribution in [0.1, 0.15) is 24.1 Å². The average molecular weight is 376 g/mol. The van der Waals surface area contributed by atoms with Gasteiger partial charge in [-0.25, -0.2) is 0 Å². The van der Waals surface area contributed by atoms with Crippen LogP contribution < -0.4 is 10.1 Å². The number of benzene rings is 1. The number of rotatable bonds is 5. The maximum atomic E-state index is 12.8. The van der Waals surface area contributed by atoms with Crippen LogP contribution in [0.15, 0.2) is 18.2 Å². The molecule has 8 nitrogen and oxygen atoms in total. The first-order valence-corrected chi connectivity index (χ1v) is 8.63. The standard InChI is InChI=1S/C19H24N2O6/c1-19(18(24)27-5)14-13(16(22)21(2)17(14)23)15(20-19)10-6-7-12(26-4)11(8-10)9-25-3/h6-8,13-15,20H,9H2,1-5H3/t13-,14-,15-,19-/m1/s1. The van der Waals surface area contributed by atoms with E-state index in [0.29, 0.717) is 12.4 Å². The molecule has 0 bridgehead atoms. The molecule has 0 saturated carbocycles. The fraction of sp³-hybridized carbons (Fsp3) is 0.526. The van der Waals surface area contributed by atoms with Crippen molar-refractivity contribution >= 4 is 17.8 Å². The van der Waals surface area contributed by atoms with E-state index in [4.69, 9.17) is 14.2 Å². The fourth-order valence-electron chi connectivity index (χ4n) is 4.23. The number of nitrogens with zero attached hydrogens (tertiary/aromatic N) is 1. The van der Waals surface area contributed by atoms with E-state index in [1.165, 1.54) is 14.2 Å². The maximum absolute atomic E-state index is 12.8. The first-order chi connectivity index (χ1) is 12.8. The molecule has 0 aromatic heterocycles. The third kappa shape index (κ3) is 2.80. The van der Waals surface area contributed by atoms with E-state index in [2.05, 4.69) is 5.32 Å². The number of esters is 1. The second-order valence-electron chi connectivity index (χ2n) is 7.06. The Morgan fingerprint density at radius 3 is 2.52 bits per heavy atom. The highest BCUT2D eigenvalue weighted by Crippen LogP contribution is 2.49. The molecule has 2 aliphatic heterocycles. The molecule has 0 unspecified atom stereocenters. The lowest BCUT2D eigenvalue weighted by atomic mass is 9.80. The maximum Gasteiger partial charge on any atom is 0.326 e. The van der Waals surface area contributed by atoms with E-state index in [1.54, 1.807) is 27.2 Å². The van der Waals surface area contributed by atoms with Gasteiger partial charge in [0.2, 0.25) is 11.8 Å². The molecule has 0 aliphatic carbocycles. The number of imide groups is 1. The largest absolute Gasteiger partial charge is 0.496 e. The third-order valence-corrected chi connectivity index (χ3v) is 5.58. The van der Waals surface area contributed by atoms with Gasteiger partial charge in [0.15, 0.2) is 0 Å². The molecule has 2 heterocycles. The summed E-state index contributed by atoms with van der Waals surface area (Å²) >= 11 is 0. The lowest BCUT2D eigenvalue weighted by molar-refractivity contribution is -0.152. The van der Waals surface area contributed by atoms with Crippen LogP contribution in [0.4, 0.5) is 0 Å². The first-order valence-electron chi connectivity index (χ1n) is 8.63. The lowest BCUT2D eigenvalue weighted by Crippen LogP contribution is -2.53. The summed E-state index contributed by atoms with van der Waals surface area (Å²) in [5, 5.41) is 3.20. The molecule has 2 saturated heterocycles. The Bertz CT molecular complexity index is 794. The minimum atomic E-state index is -1.29. The fourth-order valence-corrected chi connectivity index (χ4v) is 4.23. The van der Waals surface area contributed by atoms with Crippen molar-refractivity contribution in [1.29, 1.82) is 0 Å². The van der Waals surface area contributed by atoms with E-state index in [0.717, 1.165) is 16.0 Å². The SMILES string of the molecule is COCc1cc([C@H]2N[C@@](C)(C(=O)OC)[C@H]3C(=O)N(C)C(=O)[C@@H]23)ccc1OC. The van der Waals surface area contributed by atoms with Gasteiger partial charge >= 0.3 is 5.97 Å². The molecule has 1 aromatic rings. The molecule has 4 atom stereocenters. The smallest absolute Gasteiger partial charge is 0.326 e. The molecule has 1 N–H and O–H groups in total. The van der Waals surface area contributed by atoms with Crippen molar-refractivity contribution < 1.29 is 28.6 Å². The lowest BCUT2D eigenvalue weighted by Gasteiger charge is -2.28. The summed E-state index contributed by atoms with van der Waals surface area (Å²) in [5.41, 5.74) is 0.303. The van der Waals surface area contributed by atoms with Crippen molar-refractivity contribution in [2.75, 3.05) is 28.4 Å². The molecule has 2 fully saturated rings. The minimum absolute atomic E-state index is 0.306. The van der Waals surface area contributed by atoms with Crippen LogP contribution in [0, 0.1) is 11.8 Å². The van der Waals surface area contributed by atoms with Crippen molar-refractivity contribution in [2.45, 2.75) is 25.1 Å². The second kappa shape index (κ2) is 6.94. The van der Waals surface area contributed by atoms with Crippen LogP contribution >= 0.6 is 0 Å². The molecule has 1 aromatic carbocycles. The summed E-state index contributed by atoms with van der Waals surface area (Å²) in [6.07, 6.45) is 0. The van der Waals surface area contributed by atoms with Gasteiger partial charge in [-0.1, -0.05) is 6.07 Å².